The maximum Gasteiger partial charge on any atom is 0.121 e. The van der Waals surface area contributed by atoms with Gasteiger partial charge in [-0.15, -0.1) is 12.4 Å². The molecular formula is C11H15BrClNO. The van der Waals surface area contributed by atoms with E-state index in [1.165, 1.54) is 12.8 Å². The summed E-state index contributed by atoms with van der Waals surface area (Å²) in [6, 6.07) is 6.05. The summed E-state index contributed by atoms with van der Waals surface area (Å²) in [5, 5.41) is 13.2. The SMILES string of the molecule is Cl.Oc1cc(Br)ccc1[C@H]1CCCCN1. The maximum atomic E-state index is 9.77. The van der Waals surface area contributed by atoms with Crippen LogP contribution in [0.2, 0.25) is 0 Å². The normalized spacial score (nSPS) is 20.7. The molecule has 1 aromatic carbocycles. The molecule has 0 saturated carbocycles. The number of hydrogen-bond donors (Lipinski definition) is 2. The van der Waals surface area contributed by atoms with Crippen LogP contribution in [0, 0.1) is 0 Å². The first-order valence-corrected chi connectivity index (χ1v) is 5.78. The lowest BCUT2D eigenvalue weighted by Gasteiger charge is -2.24. The number of piperidine rings is 1. The van der Waals surface area contributed by atoms with E-state index in [2.05, 4.69) is 21.2 Å². The number of halogens is 2. The number of benzene rings is 1. The number of nitrogens with one attached hydrogen (secondary N) is 1. The minimum absolute atomic E-state index is 0. The summed E-state index contributed by atoms with van der Waals surface area (Å²) >= 11 is 3.34. The zero-order valence-corrected chi connectivity index (χ0v) is 10.8. The first kappa shape index (κ1) is 12.8. The van der Waals surface area contributed by atoms with E-state index in [4.69, 9.17) is 0 Å². The van der Waals surface area contributed by atoms with Gasteiger partial charge in [0.15, 0.2) is 0 Å². The topological polar surface area (TPSA) is 32.3 Å². The highest BCUT2D eigenvalue weighted by molar-refractivity contribution is 9.10. The van der Waals surface area contributed by atoms with Gasteiger partial charge in [0.25, 0.3) is 0 Å². The largest absolute Gasteiger partial charge is 0.508 e. The predicted molar refractivity (Wildman–Crippen MR) is 67.6 cm³/mol. The first-order chi connectivity index (χ1) is 6.77. The molecule has 0 unspecified atom stereocenters. The van der Waals surface area contributed by atoms with Crippen LogP contribution in [-0.4, -0.2) is 11.7 Å². The molecule has 84 valence electrons. The third kappa shape index (κ3) is 3.10. The summed E-state index contributed by atoms with van der Waals surface area (Å²) in [5.41, 5.74) is 1.02. The first-order valence-electron chi connectivity index (χ1n) is 4.99. The second-order valence-electron chi connectivity index (χ2n) is 3.71. The zero-order valence-electron chi connectivity index (χ0n) is 8.37. The van der Waals surface area contributed by atoms with Gasteiger partial charge in [-0.25, -0.2) is 0 Å². The number of aromatic hydroxyl groups is 1. The number of phenolic OH excluding ortho intramolecular Hbond substituents is 1. The van der Waals surface area contributed by atoms with Crippen molar-refractivity contribution < 1.29 is 5.11 Å². The van der Waals surface area contributed by atoms with Crippen LogP contribution in [0.3, 0.4) is 0 Å². The summed E-state index contributed by atoms with van der Waals surface area (Å²) in [7, 11) is 0. The van der Waals surface area contributed by atoms with Crippen LogP contribution < -0.4 is 5.32 Å². The summed E-state index contributed by atoms with van der Waals surface area (Å²) in [6.07, 6.45) is 3.61. The molecule has 4 heteroatoms. The van der Waals surface area contributed by atoms with Gasteiger partial charge >= 0.3 is 0 Å². The predicted octanol–water partition coefficient (Wildman–Crippen LogP) is 3.39. The lowest BCUT2D eigenvalue weighted by molar-refractivity contribution is 0.391. The highest BCUT2D eigenvalue weighted by Crippen LogP contribution is 2.31. The Bertz CT molecular complexity index is 326. The molecule has 1 heterocycles. The van der Waals surface area contributed by atoms with Crippen LogP contribution >= 0.6 is 28.3 Å². The van der Waals surface area contributed by atoms with Crippen molar-refractivity contribution in [3.63, 3.8) is 0 Å². The van der Waals surface area contributed by atoms with Crippen molar-refractivity contribution in [1.29, 1.82) is 0 Å². The van der Waals surface area contributed by atoms with Gasteiger partial charge in [-0.1, -0.05) is 28.4 Å². The van der Waals surface area contributed by atoms with E-state index in [9.17, 15) is 5.11 Å². The van der Waals surface area contributed by atoms with Gasteiger partial charge in [0.05, 0.1) is 0 Å². The van der Waals surface area contributed by atoms with Crippen molar-refractivity contribution in [2.24, 2.45) is 0 Å². The standard InChI is InChI=1S/C11H14BrNO.ClH/c12-8-4-5-9(11(14)7-8)10-3-1-2-6-13-10;/h4-5,7,10,13-14H,1-3,6H2;1H/t10-;/m1./s1. The Morgan fingerprint density at radius 1 is 1.33 bits per heavy atom. The summed E-state index contributed by atoms with van der Waals surface area (Å²) in [4.78, 5) is 0. The van der Waals surface area contributed by atoms with Crippen LogP contribution in [0.25, 0.3) is 0 Å². The van der Waals surface area contributed by atoms with E-state index in [1.807, 2.05) is 12.1 Å². The number of rotatable bonds is 1. The van der Waals surface area contributed by atoms with Gasteiger partial charge in [-0.3, -0.25) is 0 Å². The van der Waals surface area contributed by atoms with E-state index in [-0.39, 0.29) is 12.4 Å². The van der Waals surface area contributed by atoms with Crippen molar-refractivity contribution in [3.05, 3.63) is 28.2 Å². The Labute approximate surface area is 105 Å². The Kier molecular flexibility index (Phi) is 4.90. The van der Waals surface area contributed by atoms with E-state index in [0.29, 0.717) is 11.8 Å². The molecule has 2 nitrogen and oxygen atoms in total. The average molecular weight is 293 g/mol. The third-order valence-corrected chi connectivity index (χ3v) is 3.17. The third-order valence-electron chi connectivity index (χ3n) is 2.68. The summed E-state index contributed by atoms with van der Waals surface area (Å²) in [5.74, 6) is 0.388. The highest BCUT2D eigenvalue weighted by Gasteiger charge is 2.17. The van der Waals surface area contributed by atoms with E-state index in [1.54, 1.807) is 6.07 Å². The van der Waals surface area contributed by atoms with Crippen molar-refractivity contribution in [1.82, 2.24) is 5.32 Å². The molecule has 1 aliphatic rings. The Morgan fingerprint density at radius 2 is 2.13 bits per heavy atom. The lowest BCUT2D eigenvalue weighted by Crippen LogP contribution is -2.26. The molecule has 1 atom stereocenters. The minimum Gasteiger partial charge on any atom is -0.508 e. The molecular weight excluding hydrogens is 277 g/mol. The van der Waals surface area contributed by atoms with Gasteiger partial charge in [0, 0.05) is 16.1 Å². The highest BCUT2D eigenvalue weighted by atomic mass is 79.9. The molecule has 1 aliphatic heterocycles. The van der Waals surface area contributed by atoms with E-state index < -0.39 is 0 Å². The van der Waals surface area contributed by atoms with Gasteiger partial charge < -0.3 is 10.4 Å². The van der Waals surface area contributed by atoms with E-state index >= 15 is 0 Å². The molecule has 2 N–H and O–H groups in total. The molecule has 1 fully saturated rings. The van der Waals surface area contributed by atoms with Crippen LogP contribution in [0.4, 0.5) is 0 Å². The molecule has 0 radical (unpaired) electrons. The molecule has 15 heavy (non-hydrogen) atoms. The van der Waals surface area contributed by atoms with Crippen LogP contribution in [0.5, 0.6) is 5.75 Å². The maximum absolute atomic E-state index is 9.77. The summed E-state index contributed by atoms with van der Waals surface area (Å²) < 4.78 is 0.926. The monoisotopic (exact) mass is 291 g/mol. The fraction of sp³-hybridized carbons (Fsp3) is 0.455. The molecule has 0 spiro atoms. The minimum atomic E-state index is 0. The molecule has 0 bridgehead atoms. The van der Waals surface area contributed by atoms with Crippen molar-refractivity contribution >= 4 is 28.3 Å². The quantitative estimate of drug-likeness (QED) is 0.831. The van der Waals surface area contributed by atoms with Crippen LogP contribution in [-0.2, 0) is 0 Å². The molecule has 0 aromatic heterocycles. The Hall–Kier alpha value is -0.250. The number of phenols is 1. The molecule has 1 aromatic rings. The van der Waals surface area contributed by atoms with Gasteiger partial charge in [0.2, 0.25) is 0 Å². The van der Waals surface area contributed by atoms with Gasteiger partial charge in [0.1, 0.15) is 5.75 Å². The van der Waals surface area contributed by atoms with Crippen molar-refractivity contribution in [3.8, 4) is 5.75 Å². The molecule has 1 saturated heterocycles. The fourth-order valence-electron chi connectivity index (χ4n) is 1.93. The second kappa shape index (κ2) is 5.73. The van der Waals surface area contributed by atoms with Gasteiger partial charge in [-0.2, -0.15) is 0 Å². The van der Waals surface area contributed by atoms with Gasteiger partial charge in [-0.05, 0) is 31.5 Å². The van der Waals surface area contributed by atoms with Crippen molar-refractivity contribution in [2.75, 3.05) is 6.54 Å². The zero-order chi connectivity index (χ0) is 9.97. The van der Waals surface area contributed by atoms with Crippen molar-refractivity contribution in [2.45, 2.75) is 25.3 Å². The molecule has 0 aliphatic carbocycles. The lowest BCUT2D eigenvalue weighted by atomic mass is 9.97. The average Bonchev–Trinajstić information content (AvgIpc) is 2.19. The fourth-order valence-corrected chi connectivity index (χ4v) is 2.28. The van der Waals surface area contributed by atoms with Crippen LogP contribution in [0.1, 0.15) is 30.9 Å². The number of hydrogen-bond acceptors (Lipinski definition) is 2. The molecule has 2 rings (SSSR count). The molecule has 0 amide bonds. The summed E-state index contributed by atoms with van der Waals surface area (Å²) in [6.45, 7) is 1.06. The Balaban J connectivity index is 0.00000112. The smallest absolute Gasteiger partial charge is 0.121 e. The van der Waals surface area contributed by atoms with E-state index in [0.717, 1.165) is 23.0 Å². The second-order valence-corrected chi connectivity index (χ2v) is 4.62. The van der Waals surface area contributed by atoms with Crippen LogP contribution in [0.15, 0.2) is 22.7 Å². The Morgan fingerprint density at radius 3 is 2.73 bits per heavy atom.